The van der Waals surface area contributed by atoms with Crippen molar-refractivity contribution in [3.8, 4) is 0 Å². The molecule has 33 heavy (non-hydrogen) atoms. The Morgan fingerprint density at radius 1 is 0.939 bits per heavy atom. The molecule has 7 nitrogen and oxygen atoms in total. The molecule has 0 aliphatic heterocycles. The number of halogens is 2. The summed E-state index contributed by atoms with van der Waals surface area (Å²) in [5.74, 6) is -1.65. The summed E-state index contributed by atoms with van der Waals surface area (Å²) in [6, 6.07) is 18.6. The SMILES string of the molecule is N=C(N)Nc1cccc(C(=O)NCc2cccc(/C(=C/C(=O)O)c3cc(Cl)cc(Cl)c3)c2)c1. The first-order valence-electron chi connectivity index (χ1n) is 9.71. The number of hydrogen-bond donors (Lipinski definition) is 5. The minimum Gasteiger partial charge on any atom is -0.478 e. The first kappa shape index (κ1) is 23.8. The molecule has 0 saturated heterocycles. The van der Waals surface area contributed by atoms with Crippen molar-refractivity contribution in [3.05, 3.63) is 105 Å². The molecule has 0 heterocycles. The molecule has 0 radical (unpaired) electrons. The predicted molar refractivity (Wildman–Crippen MR) is 131 cm³/mol. The molecule has 0 unspecified atom stereocenters. The van der Waals surface area contributed by atoms with Gasteiger partial charge in [0.05, 0.1) is 0 Å². The standard InChI is InChI=1S/C24H20Cl2N4O3/c25-18-8-17(9-19(26)11-18)21(12-22(31)32)15-4-1-3-14(7-15)13-29-23(33)16-5-2-6-20(10-16)30-24(27)28/h1-12H,13H2,(H,29,33)(H,31,32)(H4,27,28,30)/b21-12-. The van der Waals surface area contributed by atoms with E-state index in [0.29, 0.717) is 38.0 Å². The lowest BCUT2D eigenvalue weighted by atomic mass is 9.96. The smallest absolute Gasteiger partial charge is 0.328 e. The summed E-state index contributed by atoms with van der Waals surface area (Å²) < 4.78 is 0. The van der Waals surface area contributed by atoms with Gasteiger partial charge in [-0.1, -0.05) is 47.5 Å². The van der Waals surface area contributed by atoms with Gasteiger partial charge in [-0.05, 0) is 64.7 Å². The summed E-state index contributed by atoms with van der Waals surface area (Å²) in [4.78, 5) is 24.0. The largest absolute Gasteiger partial charge is 0.478 e. The van der Waals surface area contributed by atoms with Crippen molar-refractivity contribution in [2.75, 3.05) is 5.32 Å². The Balaban J connectivity index is 1.81. The van der Waals surface area contributed by atoms with Crippen LogP contribution in [0.5, 0.6) is 0 Å². The molecule has 3 aromatic rings. The predicted octanol–water partition coefficient (Wildman–Crippen LogP) is 4.75. The lowest BCUT2D eigenvalue weighted by Crippen LogP contribution is -2.24. The van der Waals surface area contributed by atoms with Gasteiger partial charge in [0.2, 0.25) is 0 Å². The number of nitrogens with one attached hydrogen (secondary N) is 3. The van der Waals surface area contributed by atoms with E-state index >= 15 is 0 Å². The van der Waals surface area contributed by atoms with Gasteiger partial charge in [-0.25, -0.2) is 4.79 Å². The molecular weight excluding hydrogens is 463 g/mol. The number of rotatable bonds is 7. The van der Waals surface area contributed by atoms with E-state index in [4.69, 9.17) is 34.3 Å². The number of aliphatic carboxylic acids is 1. The van der Waals surface area contributed by atoms with E-state index in [-0.39, 0.29) is 18.4 Å². The summed E-state index contributed by atoms with van der Waals surface area (Å²) in [6.07, 6.45) is 1.09. The molecule has 3 rings (SSSR count). The average molecular weight is 483 g/mol. The quantitative estimate of drug-likeness (QED) is 0.188. The van der Waals surface area contributed by atoms with Gasteiger partial charge in [0.25, 0.3) is 5.91 Å². The number of benzene rings is 3. The summed E-state index contributed by atoms with van der Waals surface area (Å²) in [6.45, 7) is 0.216. The van der Waals surface area contributed by atoms with Crippen molar-refractivity contribution in [2.45, 2.75) is 6.54 Å². The number of carboxylic acids is 1. The lowest BCUT2D eigenvalue weighted by Gasteiger charge is -2.12. The lowest BCUT2D eigenvalue weighted by molar-refractivity contribution is -0.131. The maximum absolute atomic E-state index is 12.6. The molecule has 0 aliphatic carbocycles. The number of nitrogens with two attached hydrogens (primary N) is 1. The first-order valence-corrected chi connectivity index (χ1v) is 10.5. The van der Waals surface area contributed by atoms with E-state index in [1.807, 2.05) is 6.07 Å². The number of anilines is 1. The molecule has 0 fully saturated rings. The number of guanidine groups is 1. The second-order valence-corrected chi connectivity index (χ2v) is 7.93. The van der Waals surface area contributed by atoms with E-state index in [2.05, 4.69) is 10.6 Å². The second-order valence-electron chi connectivity index (χ2n) is 7.06. The maximum Gasteiger partial charge on any atom is 0.328 e. The zero-order chi connectivity index (χ0) is 24.0. The fourth-order valence-corrected chi connectivity index (χ4v) is 3.72. The van der Waals surface area contributed by atoms with Crippen molar-refractivity contribution in [1.82, 2.24) is 5.32 Å². The van der Waals surface area contributed by atoms with Crippen LogP contribution in [0.1, 0.15) is 27.0 Å². The van der Waals surface area contributed by atoms with Gasteiger partial charge in [-0.3, -0.25) is 10.2 Å². The Kier molecular flexibility index (Phi) is 7.71. The summed E-state index contributed by atoms with van der Waals surface area (Å²) in [5, 5.41) is 22.9. The Morgan fingerprint density at radius 2 is 1.61 bits per heavy atom. The second kappa shape index (κ2) is 10.7. The maximum atomic E-state index is 12.6. The molecule has 6 N–H and O–H groups in total. The molecule has 0 bridgehead atoms. The van der Waals surface area contributed by atoms with Crippen LogP contribution in [0.3, 0.4) is 0 Å². The summed E-state index contributed by atoms with van der Waals surface area (Å²) >= 11 is 12.2. The van der Waals surface area contributed by atoms with E-state index in [9.17, 15) is 14.7 Å². The van der Waals surface area contributed by atoms with Crippen LogP contribution in [-0.4, -0.2) is 22.9 Å². The normalized spacial score (nSPS) is 11.0. The highest BCUT2D eigenvalue weighted by atomic mass is 35.5. The Hall–Kier alpha value is -3.81. The van der Waals surface area contributed by atoms with Crippen LogP contribution in [0.15, 0.2) is 72.8 Å². The number of hydrogen-bond acceptors (Lipinski definition) is 3. The van der Waals surface area contributed by atoms with E-state index < -0.39 is 5.97 Å². The van der Waals surface area contributed by atoms with Crippen LogP contribution in [0.4, 0.5) is 5.69 Å². The number of carbonyl (C=O) groups excluding carboxylic acids is 1. The third-order valence-electron chi connectivity index (χ3n) is 4.54. The Labute approximate surface area is 200 Å². The zero-order valence-electron chi connectivity index (χ0n) is 17.2. The fourth-order valence-electron chi connectivity index (χ4n) is 3.19. The van der Waals surface area contributed by atoms with Gasteiger partial charge >= 0.3 is 5.97 Å². The van der Waals surface area contributed by atoms with Crippen molar-refractivity contribution in [2.24, 2.45) is 5.73 Å². The minimum atomic E-state index is -1.11. The van der Waals surface area contributed by atoms with Crippen LogP contribution in [-0.2, 0) is 11.3 Å². The van der Waals surface area contributed by atoms with E-state index in [1.54, 1.807) is 60.7 Å². The molecule has 168 valence electrons. The topological polar surface area (TPSA) is 128 Å². The number of carboxylic acid groups (broad SMARTS) is 1. The third kappa shape index (κ3) is 6.83. The highest BCUT2D eigenvalue weighted by Gasteiger charge is 2.12. The molecule has 0 spiro atoms. The molecule has 3 aromatic carbocycles. The molecule has 9 heteroatoms. The van der Waals surface area contributed by atoms with Crippen molar-refractivity contribution in [3.63, 3.8) is 0 Å². The van der Waals surface area contributed by atoms with Crippen LogP contribution in [0, 0.1) is 5.41 Å². The molecule has 0 aliphatic rings. The molecule has 0 saturated carbocycles. The molecule has 0 aromatic heterocycles. The van der Waals surface area contributed by atoms with Gasteiger partial charge in [-0.2, -0.15) is 0 Å². The van der Waals surface area contributed by atoms with Crippen molar-refractivity contribution in [1.29, 1.82) is 5.41 Å². The van der Waals surface area contributed by atoms with Crippen LogP contribution in [0.2, 0.25) is 10.0 Å². The Bertz CT molecular complexity index is 1240. The van der Waals surface area contributed by atoms with Crippen LogP contribution < -0.4 is 16.4 Å². The van der Waals surface area contributed by atoms with Gasteiger partial charge in [0.1, 0.15) is 0 Å². The number of amides is 1. The van der Waals surface area contributed by atoms with Crippen LogP contribution >= 0.6 is 23.2 Å². The van der Waals surface area contributed by atoms with Gasteiger partial charge in [0.15, 0.2) is 5.96 Å². The van der Waals surface area contributed by atoms with Crippen molar-refractivity contribution >= 4 is 52.3 Å². The highest BCUT2D eigenvalue weighted by Crippen LogP contribution is 2.29. The molecule has 0 atom stereocenters. The van der Waals surface area contributed by atoms with Crippen LogP contribution in [0.25, 0.3) is 5.57 Å². The third-order valence-corrected chi connectivity index (χ3v) is 4.97. The Morgan fingerprint density at radius 3 is 2.27 bits per heavy atom. The van der Waals surface area contributed by atoms with Gasteiger partial charge in [0, 0.05) is 33.9 Å². The molecular formula is C24H20Cl2N4O3. The fraction of sp³-hybridized carbons (Fsp3) is 0.0417. The van der Waals surface area contributed by atoms with E-state index in [0.717, 1.165) is 11.6 Å². The average Bonchev–Trinajstić information content (AvgIpc) is 2.75. The first-order chi connectivity index (χ1) is 15.7. The summed E-state index contributed by atoms with van der Waals surface area (Å²) in [7, 11) is 0. The molecule has 1 amide bonds. The van der Waals surface area contributed by atoms with E-state index in [1.165, 1.54) is 0 Å². The zero-order valence-corrected chi connectivity index (χ0v) is 18.7. The summed E-state index contributed by atoms with van der Waals surface area (Å²) in [5.41, 5.74) is 8.65. The van der Waals surface area contributed by atoms with Crippen molar-refractivity contribution < 1.29 is 14.7 Å². The van der Waals surface area contributed by atoms with Gasteiger partial charge in [-0.15, -0.1) is 0 Å². The highest BCUT2D eigenvalue weighted by molar-refractivity contribution is 6.35. The monoisotopic (exact) mass is 482 g/mol. The minimum absolute atomic E-state index is 0.216. The van der Waals surface area contributed by atoms with Gasteiger partial charge < -0.3 is 21.5 Å². The number of carbonyl (C=O) groups is 2.